The van der Waals surface area contributed by atoms with E-state index in [0.29, 0.717) is 25.6 Å². The van der Waals surface area contributed by atoms with Crippen LogP contribution >= 0.6 is 0 Å². The van der Waals surface area contributed by atoms with Gasteiger partial charge in [0.15, 0.2) is 0 Å². The van der Waals surface area contributed by atoms with Crippen LogP contribution in [0.25, 0.3) is 0 Å². The Morgan fingerprint density at radius 1 is 1.15 bits per heavy atom. The van der Waals surface area contributed by atoms with Crippen LogP contribution in [0.3, 0.4) is 0 Å². The van der Waals surface area contributed by atoms with Crippen LogP contribution < -0.4 is 10.5 Å². The first-order chi connectivity index (χ1) is 9.55. The van der Waals surface area contributed by atoms with E-state index in [1.54, 1.807) is 4.31 Å². The molecule has 5 nitrogen and oxygen atoms in total. The maximum absolute atomic E-state index is 12.4. The molecule has 1 aliphatic heterocycles. The highest BCUT2D eigenvalue weighted by molar-refractivity contribution is 7.87. The average molecular weight is 303 g/mol. The van der Waals surface area contributed by atoms with Crippen LogP contribution in [0.1, 0.15) is 51.9 Å². The molecule has 0 aromatic carbocycles. The van der Waals surface area contributed by atoms with Crippen molar-refractivity contribution in [1.82, 2.24) is 9.03 Å². The summed E-state index contributed by atoms with van der Waals surface area (Å²) in [6, 6.07) is 0.126. The third-order valence-corrected chi connectivity index (χ3v) is 6.54. The van der Waals surface area contributed by atoms with Crippen molar-refractivity contribution < 1.29 is 8.42 Å². The molecule has 6 heteroatoms. The van der Waals surface area contributed by atoms with Crippen molar-refractivity contribution in [3.63, 3.8) is 0 Å². The predicted molar refractivity (Wildman–Crippen MR) is 81.4 cm³/mol. The van der Waals surface area contributed by atoms with Crippen molar-refractivity contribution in [3.8, 4) is 0 Å². The van der Waals surface area contributed by atoms with Crippen LogP contribution in [0.5, 0.6) is 0 Å². The first-order valence-electron chi connectivity index (χ1n) is 8.02. The van der Waals surface area contributed by atoms with E-state index in [-0.39, 0.29) is 6.04 Å². The van der Waals surface area contributed by atoms with Crippen LogP contribution in [0.15, 0.2) is 0 Å². The van der Waals surface area contributed by atoms with Crippen LogP contribution in [-0.4, -0.2) is 38.4 Å². The second kappa shape index (κ2) is 7.20. The van der Waals surface area contributed by atoms with E-state index >= 15 is 0 Å². The van der Waals surface area contributed by atoms with E-state index in [0.717, 1.165) is 44.4 Å². The Hall–Kier alpha value is -0.170. The number of piperidine rings is 1. The first-order valence-corrected chi connectivity index (χ1v) is 9.46. The van der Waals surface area contributed by atoms with E-state index < -0.39 is 10.2 Å². The molecule has 1 atom stereocenters. The number of hydrogen-bond donors (Lipinski definition) is 2. The van der Waals surface area contributed by atoms with Gasteiger partial charge >= 0.3 is 0 Å². The van der Waals surface area contributed by atoms with Gasteiger partial charge in [-0.25, -0.2) is 0 Å². The summed E-state index contributed by atoms with van der Waals surface area (Å²) in [4.78, 5) is 0. The van der Waals surface area contributed by atoms with Crippen LogP contribution in [0, 0.1) is 11.8 Å². The topological polar surface area (TPSA) is 75.4 Å². The summed E-state index contributed by atoms with van der Waals surface area (Å²) in [6.45, 7) is 4.01. The summed E-state index contributed by atoms with van der Waals surface area (Å²) in [5.74, 6) is 1.10. The highest BCUT2D eigenvalue weighted by atomic mass is 32.2. The van der Waals surface area contributed by atoms with Crippen LogP contribution in [0.4, 0.5) is 0 Å². The van der Waals surface area contributed by atoms with Gasteiger partial charge in [0.25, 0.3) is 10.2 Å². The zero-order valence-corrected chi connectivity index (χ0v) is 13.4. The van der Waals surface area contributed by atoms with Gasteiger partial charge in [0.1, 0.15) is 0 Å². The molecule has 0 radical (unpaired) electrons. The molecule has 2 aliphatic rings. The predicted octanol–water partition coefficient (Wildman–Crippen LogP) is 1.46. The Bertz CT molecular complexity index is 391. The van der Waals surface area contributed by atoms with E-state index in [1.165, 1.54) is 6.42 Å². The summed E-state index contributed by atoms with van der Waals surface area (Å²) >= 11 is 0. The number of hydrogen-bond acceptors (Lipinski definition) is 3. The lowest BCUT2D eigenvalue weighted by atomic mass is 9.85. The van der Waals surface area contributed by atoms with Gasteiger partial charge in [-0.05, 0) is 56.9 Å². The molecule has 1 saturated carbocycles. The lowest BCUT2D eigenvalue weighted by molar-refractivity contribution is 0.259. The Morgan fingerprint density at radius 3 is 2.45 bits per heavy atom. The summed E-state index contributed by atoms with van der Waals surface area (Å²) < 4.78 is 29.4. The number of nitrogens with two attached hydrogens (primary N) is 1. The van der Waals surface area contributed by atoms with Crippen molar-refractivity contribution in [3.05, 3.63) is 0 Å². The lowest BCUT2D eigenvalue weighted by Crippen LogP contribution is -2.50. The maximum atomic E-state index is 12.4. The Balaban J connectivity index is 1.87. The summed E-state index contributed by atoms with van der Waals surface area (Å²) in [6.07, 6.45) is 7.43. The molecular formula is C14H29N3O2S. The van der Waals surface area contributed by atoms with Gasteiger partial charge in [-0.15, -0.1) is 0 Å². The monoisotopic (exact) mass is 303 g/mol. The van der Waals surface area contributed by atoms with Gasteiger partial charge in [0, 0.05) is 19.1 Å². The second-order valence-electron chi connectivity index (χ2n) is 6.35. The smallest absolute Gasteiger partial charge is 0.279 e. The number of nitrogens with zero attached hydrogens (tertiary/aromatic N) is 1. The fourth-order valence-corrected chi connectivity index (χ4v) is 4.99. The standard InChI is InChI=1S/C14H29N3O2S/c1-2-12-5-7-14(8-6-12)16-20(18,19)17-9-3-4-13(10-15)11-17/h12-14,16H,2-11,15H2,1H3. The van der Waals surface area contributed by atoms with Gasteiger partial charge in [-0.1, -0.05) is 13.3 Å². The Kier molecular flexibility index (Phi) is 5.84. The molecule has 0 aromatic rings. The normalized spacial score (nSPS) is 33.2. The lowest BCUT2D eigenvalue weighted by Gasteiger charge is -2.34. The number of rotatable bonds is 5. The van der Waals surface area contributed by atoms with Gasteiger partial charge < -0.3 is 5.73 Å². The molecule has 20 heavy (non-hydrogen) atoms. The summed E-state index contributed by atoms with van der Waals surface area (Å²) in [7, 11) is -3.32. The molecule has 118 valence electrons. The summed E-state index contributed by atoms with van der Waals surface area (Å²) in [5.41, 5.74) is 5.68. The molecule has 0 aromatic heterocycles. The van der Waals surface area contributed by atoms with Gasteiger partial charge in [-0.2, -0.15) is 17.4 Å². The molecule has 1 heterocycles. The molecule has 0 spiro atoms. The molecule has 0 bridgehead atoms. The third kappa shape index (κ3) is 4.16. The maximum Gasteiger partial charge on any atom is 0.279 e. The molecular weight excluding hydrogens is 274 g/mol. The van der Waals surface area contributed by atoms with Crippen molar-refractivity contribution in [2.75, 3.05) is 19.6 Å². The Morgan fingerprint density at radius 2 is 1.85 bits per heavy atom. The molecule has 3 N–H and O–H groups in total. The zero-order chi connectivity index (χ0) is 14.6. The highest BCUT2D eigenvalue weighted by Gasteiger charge is 2.31. The highest BCUT2D eigenvalue weighted by Crippen LogP contribution is 2.27. The Labute approximate surface area is 123 Å². The van der Waals surface area contributed by atoms with Crippen molar-refractivity contribution >= 4 is 10.2 Å². The van der Waals surface area contributed by atoms with E-state index in [9.17, 15) is 8.42 Å². The average Bonchev–Trinajstić information content (AvgIpc) is 2.48. The van der Waals surface area contributed by atoms with E-state index in [4.69, 9.17) is 5.73 Å². The number of nitrogens with one attached hydrogen (secondary N) is 1. The molecule has 1 unspecified atom stereocenters. The van der Waals surface area contributed by atoms with Gasteiger partial charge in [-0.3, -0.25) is 0 Å². The minimum atomic E-state index is -3.32. The van der Waals surface area contributed by atoms with Crippen molar-refractivity contribution in [1.29, 1.82) is 0 Å². The third-order valence-electron chi connectivity index (χ3n) is 4.89. The SMILES string of the molecule is CCC1CCC(NS(=O)(=O)N2CCCC(CN)C2)CC1. The fraction of sp³-hybridized carbons (Fsp3) is 1.00. The minimum Gasteiger partial charge on any atom is -0.330 e. The van der Waals surface area contributed by atoms with E-state index in [1.807, 2.05) is 0 Å². The van der Waals surface area contributed by atoms with Crippen molar-refractivity contribution in [2.24, 2.45) is 17.6 Å². The largest absolute Gasteiger partial charge is 0.330 e. The van der Waals surface area contributed by atoms with Gasteiger partial charge in [0.05, 0.1) is 0 Å². The molecule has 1 aliphatic carbocycles. The minimum absolute atomic E-state index is 0.126. The van der Waals surface area contributed by atoms with E-state index in [2.05, 4.69) is 11.6 Å². The first kappa shape index (κ1) is 16.2. The van der Waals surface area contributed by atoms with Crippen LogP contribution in [-0.2, 0) is 10.2 Å². The van der Waals surface area contributed by atoms with Crippen LogP contribution in [0.2, 0.25) is 0 Å². The molecule has 2 fully saturated rings. The zero-order valence-electron chi connectivity index (χ0n) is 12.6. The molecule has 1 saturated heterocycles. The second-order valence-corrected chi connectivity index (χ2v) is 8.05. The summed E-state index contributed by atoms with van der Waals surface area (Å²) in [5, 5.41) is 0. The quantitative estimate of drug-likeness (QED) is 0.807. The molecule has 2 rings (SSSR count). The molecule has 0 amide bonds. The van der Waals surface area contributed by atoms with Gasteiger partial charge in [0.2, 0.25) is 0 Å². The van der Waals surface area contributed by atoms with Crippen molar-refractivity contribution in [2.45, 2.75) is 57.9 Å². The fourth-order valence-electron chi connectivity index (χ4n) is 3.41.